The van der Waals surface area contributed by atoms with Gasteiger partial charge < -0.3 is 4.90 Å². The molecular weight excluding hydrogens is 268 g/mol. The Hall–Kier alpha value is -1.28. The van der Waals surface area contributed by atoms with Gasteiger partial charge >= 0.3 is 0 Å². The van der Waals surface area contributed by atoms with Gasteiger partial charge in [-0.3, -0.25) is 0 Å². The van der Waals surface area contributed by atoms with Gasteiger partial charge in [-0.1, -0.05) is 24.6 Å². The Morgan fingerprint density at radius 3 is 2.80 bits per heavy atom. The molecule has 1 aromatic carbocycles. The molecule has 0 aliphatic heterocycles. The SMILES string of the molecule is CCCN(CC1CC1)c1cc(C)c2ccc(Cl)cc2n1. The molecule has 0 atom stereocenters. The molecule has 2 nitrogen and oxygen atoms in total. The first-order valence-electron chi connectivity index (χ1n) is 7.49. The number of pyridine rings is 1. The average molecular weight is 289 g/mol. The lowest BCUT2D eigenvalue weighted by molar-refractivity contribution is 0.700. The lowest BCUT2D eigenvalue weighted by Gasteiger charge is -2.24. The topological polar surface area (TPSA) is 16.1 Å². The fourth-order valence-corrected chi connectivity index (χ4v) is 2.87. The summed E-state index contributed by atoms with van der Waals surface area (Å²) in [7, 11) is 0. The molecule has 0 bridgehead atoms. The molecule has 1 aliphatic rings. The Morgan fingerprint density at radius 2 is 2.10 bits per heavy atom. The summed E-state index contributed by atoms with van der Waals surface area (Å²) in [6.07, 6.45) is 3.90. The molecule has 0 radical (unpaired) electrons. The highest BCUT2D eigenvalue weighted by atomic mass is 35.5. The minimum Gasteiger partial charge on any atom is -0.356 e. The van der Waals surface area contributed by atoms with E-state index >= 15 is 0 Å². The third kappa shape index (κ3) is 2.90. The van der Waals surface area contributed by atoms with Crippen LogP contribution < -0.4 is 4.90 Å². The number of nitrogens with zero attached hydrogens (tertiary/aromatic N) is 2. The zero-order valence-corrected chi connectivity index (χ0v) is 13.0. The van der Waals surface area contributed by atoms with E-state index < -0.39 is 0 Å². The van der Waals surface area contributed by atoms with Gasteiger partial charge in [-0.25, -0.2) is 4.98 Å². The standard InChI is InChI=1S/C17H21ClN2/c1-3-8-20(11-13-4-5-13)17-9-12(2)15-7-6-14(18)10-16(15)19-17/h6-7,9-10,13H,3-5,8,11H2,1-2H3. The van der Waals surface area contributed by atoms with Crippen molar-refractivity contribution >= 4 is 28.3 Å². The van der Waals surface area contributed by atoms with Crippen molar-refractivity contribution in [3.8, 4) is 0 Å². The number of halogens is 1. The Bertz CT molecular complexity index is 620. The Morgan fingerprint density at radius 1 is 1.30 bits per heavy atom. The van der Waals surface area contributed by atoms with Crippen molar-refractivity contribution in [3.05, 3.63) is 34.9 Å². The molecule has 3 rings (SSSR count). The van der Waals surface area contributed by atoms with Crippen LogP contribution in [0.5, 0.6) is 0 Å². The van der Waals surface area contributed by atoms with Gasteiger partial charge in [0.15, 0.2) is 0 Å². The number of anilines is 1. The van der Waals surface area contributed by atoms with E-state index in [-0.39, 0.29) is 0 Å². The van der Waals surface area contributed by atoms with Gasteiger partial charge in [-0.15, -0.1) is 0 Å². The molecule has 1 heterocycles. The molecule has 0 amide bonds. The first-order chi connectivity index (χ1) is 9.67. The molecule has 0 saturated heterocycles. The van der Waals surface area contributed by atoms with Crippen molar-refractivity contribution in [2.75, 3.05) is 18.0 Å². The molecule has 20 heavy (non-hydrogen) atoms. The van der Waals surface area contributed by atoms with Crippen molar-refractivity contribution < 1.29 is 0 Å². The quantitative estimate of drug-likeness (QED) is 0.784. The number of fused-ring (bicyclic) bond motifs is 1. The maximum atomic E-state index is 6.10. The predicted molar refractivity (Wildman–Crippen MR) is 86.7 cm³/mol. The first-order valence-corrected chi connectivity index (χ1v) is 7.87. The van der Waals surface area contributed by atoms with E-state index in [0.29, 0.717) is 0 Å². The fraction of sp³-hybridized carbons (Fsp3) is 0.471. The Balaban J connectivity index is 1.99. The summed E-state index contributed by atoms with van der Waals surface area (Å²) in [5.74, 6) is 1.98. The molecule has 0 spiro atoms. The number of aromatic nitrogens is 1. The number of benzene rings is 1. The highest BCUT2D eigenvalue weighted by Crippen LogP contribution is 2.32. The number of hydrogen-bond donors (Lipinski definition) is 0. The second kappa shape index (κ2) is 5.61. The second-order valence-corrected chi connectivity index (χ2v) is 6.28. The summed E-state index contributed by atoms with van der Waals surface area (Å²) < 4.78 is 0. The maximum Gasteiger partial charge on any atom is 0.129 e. The van der Waals surface area contributed by atoms with Crippen molar-refractivity contribution in [3.63, 3.8) is 0 Å². The molecule has 106 valence electrons. The van der Waals surface area contributed by atoms with Crippen LogP contribution in [-0.2, 0) is 0 Å². The summed E-state index contributed by atoms with van der Waals surface area (Å²) >= 11 is 6.10. The highest BCUT2D eigenvalue weighted by molar-refractivity contribution is 6.31. The summed E-state index contributed by atoms with van der Waals surface area (Å²) in [6.45, 7) is 6.61. The molecule has 2 aromatic rings. The normalized spacial score (nSPS) is 14.8. The second-order valence-electron chi connectivity index (χ2n) is 5.85. The van der Waals surface area contributed by atoms with Crippen LogP contribution >= 0.6 is 11.6 Å². The number of aryl methyl sites for hydroxylation is 1. The highest BCUT2D eigenvalue weighted by Gasteiger charge is 2.24. The van der Waals surface area contributed by atoms with E-state index in [4.69, 9.17) is 16.6 Å². The van der Waals surface area contributed by atoms with Crippen LogP contribution in [0.2, 0.25) is 5.02 Å². The van der Waals surface area contributed by atoms with Gasteiger partial charge in [0.25, 0.3) is 0 Å². The van der Waals surface area contributed by atoms with Crippen LogP contribution in [-0.4, -0.2) is 18.1 Å². The largest absolute Gasteiger partial charge is 0.356 e. The molecular formula is C17H21ClN2. The Labute approximate surface area is 125 Å². The molecule has 3 heteroatoms. The van der Waals surface area contributed by atoms with Crippen molar-refractivity contribution in [2.24, 2.45) is 5.92 Å². The average Bonchev–Trinajstić information content (AvgIpc) is 3.21. The van der Waals surface area contributed by atoms with Crippen LogP contribution in [0.15, 0.2) is 24.3 Å². The molecule has 0 unspecified atom stereocenters. The van der Waals surface area contributed by atoms with Gasteiger partial charge in [0.2, 0.25) is 0 Å². The van der Waals surface area contributed by atoms with E-state index in [2.05, 4.69) is 30.9 Å². The first kappa shape index (κ1) is 13.7. The lowest BCUT2D eigenvalue weighted by atomic mass is 10.1. The van der Waals surface area contributed by atoms with E-state index in [1.54, 1.807) is 0 Å². The van der Waals surface area contributed by atoms with Gasteiger partial charge in [-0.05, 0) is 55.9 Å². The molecule has 1 saturated carbocycles. The zero-order valence-electron chi connectivity index (χ0n) is 12.2. The molecule has 1 aliphatic carbocycles. The monoisotopic (exact) mass is 288 g/mol. The van der Waals surface area contributed by atoms with E-state index in [0.717, 1.165) is 41.8 Å². The minimum absolute atomic E-state index is 0.755. The van der Waals surface area contributed by atoms with E-state index in [9.17, 15) is 0 Å². The van der Waals surface area contributed by atoms with Gasteiger partial charge in [0.1, 0.15) is 5.82 Å². The third-order valence-electron chi connectivity index (χ3n) is 3.96. The lowest BCUT2D eigenvalue weighted by Crippen LogP contribution is -2.27. The summed E-state index contributed by atoms with van der Waals surface area (Å²) in [5, 5.41) is 1.95. The van der Waals surface area contributed by atoms with Crippen molar-refractivity contribution in [1.29, 1.82) is 0 Å². The summed E-state index contributed by atoms with van der Waals surface area (Å²) in [5.41, 5.74) is 2.28. The van der Waals surface area contributed by atoms with Crippen LogP contribution in [0.4, 0.5) is 5.82 Å². The van der Waals surface area contributed by atoms with E-state index in [1.807, 2.05) is 12.1 Å². The van der Waals surface area contributed by atoms with Crippen molar-refractivity contribution in [1.82, 2.24) is 4.98 Å². The van der Waals surface area contributed by atoms with Gasteiger partial charge in [0.05, 0.1) is 5.52 Å². The molecule has 1 fully saturated rings. The summed E-state index contributed by atoms with van der Waals surface area (Å²) in [4.78, 5) is 7.27. The summed E-state index contributed by atoms with van der Waals surface area (Å²) in [6, 6.07) is 8.18. The van der Waals surface area contributed by atoms with E-state index in [1.165, 1.54) is 23.8 Å². The predicted octanol–water partition coefficient (Wildman–Crippen LogP) is 4.82. The molecule has 0 N–H and O–H groups in total. The maximum absolute atomic E-state index is 6.10. The van der Waals surface area contributed by atoms with Crippen LogP contribution in [0.25, 0.3) is 10.9 Å². The van der Waals surface area contributed by atoms with Crippen LogP contribution in [0.3, 0.4) is 0 Å². The number of rotatable bonds is 5. The zero-order chi connectivity index (χ0) is 14.1. The van der Waals surface area contributed by atoms with Gasteiger partial charge in [-0.2, -0.15) is 0 Å². The third-order valence-corrected chi connectivity index (χ3v) is 4.19. The van der Waals surface area contributed by atoms with Crippen molar-refractivity contribution in [2.45, 2.75) is 33.1 Å². The number of hydrogen-bond acceptors (Lipinski definition) is 2. The Kier molecular flexibility index (Phi) is 3.84. The molecule has 1 aromatic heterocycles. The van der Waals surface area contributed by atoms with Crippen LogP contribution in [0.1, 0.15) is 31.7 Å². The minimum atomic E-state index is 0.755. The smallest absolute Gasteiger partial charge is 0.129 e. The van der Waals surface area contributed by atoms with Gasteiger partial charge in [0, 0.05) is 23.5 Å². The fourth-order valence-electron chi connectivity index (χ4n) is 2.70. The van der Waals surface area contributed by atoms with Crippen LogP contribution in [0, 0.1) is 12.8 Å².